The summed E-state index contributed by atoms with van der Waals surface area (Å²) >= 11 is 1.61. The third-order valence-electron chi connectivity index (χ3n) is 2.81. The lowest BCUT2D eigenvalue weighted by Crippen LogP contribution is -2.22. The van der Waals surface area contributed by atoms with E-state index in [4.69, 9.17) is 0 Å². The molecule has 1 amide bonds. The van der Waals surface area contributed by atoms with Gasteiger partial charge in [0.2, 0.25) is 0 Å². The molecular formula is C14H16N2O2S. The molecule has 1 aromatic heterocycles. The summed E-state index contributed by atoms with van der Waals surface area (Å²) in [5, 5.41) is 13.2. The van der Waals surface area contributed by atoms with Crippen LogP contribution in [-0.2, 0) is 13.0 Å². The number of carbonyl (C=O) groups is 1. The maximum atomic E-state index is 11.9. The monoisotopic (exact) mass is 276 g/mol. The Balaban J connectivity index is 1.99. The van der Waals surface area contributed by atoms with Crippen molar-refractivity contribution in [2.45, 2.75) is 26.8 Å². The van der Waals surface area contributed by atoms with Crippen LogP contribution in [0.4, 0.5) is 0 Å². The molecule has 0 saturated heterocycles. The van der Waals surface area contributed by atoms with E-state index in [0.717, 1.165) is 11.4 Å². The van der Waals surface area contributed by atoms with Crippen LogP contribution in [0.25, 0.3) is 0 Å². The van der Waals surface area contributed by atoms with E-state index in [-0.39, 0.29) is 11.7 Å². The Hall–Kier alpha value is -1.88. The predicted octanol–water partition coefficient (Wildman–Crippen LogP) is 2.65. The molecule has 4 nitrogen and oxygen atoms in total. The number of hydrogen-bond acceptors (Lipinski definition) is 4. The van der Waals surface area contributed by atoms with Crippen molar-refractivity contribution in [1.82, 2.24) is 10.3 Å². The molecule has 0 saturated carbocycles. The molecule has 0 unspecified atom stereocenters. The normalized spacial score (nSPS) is 10.4. The minimum atomic E-state index is -0.156. The summed E-state index contributed by atoms with van der Waals surface area (Å²) in [6.45, 7) is 4.28. The predicted molar refractivity (Wildman–Crippen MR) is 75.5 cm³/mol. The van der Waals surface area contributed by atoms with E-state index in [2.05, 4.69) is 17.2 Å². The van der Waals surface area contributed by atoms with Crippen LogP contribution in [0.1, 0.15) is 32.7 Å². The molecule has 1 aromatic carbocycles. The van der Waals surface area contributed by atoms with Gasteiger partial charge in [0.25, 0.3) is 5.91 Å². The largest absolute Gasteiger partial charge is 0.508 e. The van der Waals surface area contributed by atoms with Gasteiger partial charge in [-0.25, -0.2) is 4.98 Å². The molecule has 0 aliphatic rings. The van der Waals surface area contributed by atoms with E-state index in [1.54, 1.807) is 30.4 Å². The number of aromatic hydroxyl groups is 1. The zero-order chi connectivity index (χ0) is 13.8. The van der Waals surface area contributed by atoms with Gasteiger partial charge in [0.05, 0.1) is 6.54 Å². The number of amides is 1. The van der Waals surface area contributed by atoms with Crippen LogP contribution in [0.15, 0.2) is 24.4 Å². The molecule has 0 radical (unpaired) electrons. The molecule has 0 atom stereocenters. The first kappa shape index (κ1) is 13.5. The number of carbonyl (C=O) groups excluding carboxylic acids is 1. The number of hydrogen-bond donors (Lipinski definition) is 2. The topological polar surface area (TPSA) is 62.2 Å². The molecule has 2 N–H and O–H groups in total. The Kier molecular flexibility index (Phi) is 4.16. The lowest BCUT2D eigenvalue weighted by Gasteiger charge is -2.05. The van der Waals surface area contributed by atoms with Gasteiger partial charge in [0, 0.05) is 16.6 Å². The standard InChI is InChI=1S/C14H16N2O2S/c1-3-11-7-15-13(19-11)8-16-14(18)10-4-5-12(17)9(2)6-10/h4-7,17H,3,8H2,1-2H3,(H,16,18). The molecule has 2 rings (SSSR count). The highest BCUT2D eigenvalue weighted by atomic mass is 32.1. The number of rotatable bonds is 4. The van der Waals surface area contributed by atoms with Crippen LogP contribution in [0.5, 0.6) is 5.75 Å². The lowest BCUT2D eigenvalue weighted by atomic mass is 10.1. The highest BCUT2D eigenvalue weighted by Crippen LogP contribution is 2.17. The van der Waals surface area contributed by atoms with Crippen molar-refractivity contribution in [3.8, 4) is 5.75 Å². The highest BCUT2D eigenvalue weighted by molar-refractivity contribution is 7.11. The van der Waals surface area contributed by atoms with Crippen molar-refractivity contribution < 1.29 is 9.90 Å². The van der Waals surface area contributed by atoms with Gasteiger partial charge in [-0.3, -0.25) is 4.79 Å². The number of aromatic nitrogens is 1. The summed E-state index contributed by atoms with van der Waals surface area (Å²) < 4.78 is 0. The van der Waals surface area contributed by atoms with E-state index in [0.29, 0.717) is 17.7 Å². The highest BCUT2D eigenvalue weighted by Gasteiger charge is 2.08. The van der Waals surface area contributed by atoms with Gasteiger partial charge in [0.1, 0.15) is 10.8 Å². The Bertz CT molecular complexity index is 593. The Labute approximate surface area is 116 Å². The van der Waals surface area contributed by atoms with Gasteiger partial charge in [-0.2, -0.15) is 0 Å². The number of thiazole rings is 1. The summed E-state index contributed by atoms with van der Waals surface area (Å²) in [5.41, 5.74) is 1.23. The van der Waals surface area contributed by atoms with Gasteiger partial charge in [-0.1, -0.05) is 6.92 Å². The molecule has 100 valence electrons. The molecule has 1 heterocycles. The zero-order valence-electron chi connectivity index (χ0n) is 10.9. The van der Waals surface area contributed by atoms with Crippen molar-refractivity contribution in [2.24, 2.45) is 0 Å². The summed E-state index contributed by atoms with van der Waals surface area (Å²) in [7, 11) is 0. The van der Waals surface area contributed by atoms with Gasteiger partial charge in [-0.05, 0) is 37.1 Å². The van der Waals surface area contributed by atoms with E-state index in [1.807, 2.05) is 6.20 Å². The third kappa shape index (κ3) is 3.32. The van der Waals surface area contributed by atoms with Gasteiger partial charge < -0.3 is 10.4 Å². The molecule has 0 aliphatic carbocycles. The fourth-order valence-corrected chi connectivity index (χ4v) is 2.45. The van der Waals surface area contributed by atoms with Crippen molar-refractivity contribution in [2.75, 3.05) is 0 Å². The van der Waals surface area contributed by atoms with E-state index in [9.17, 15) is 9.90 Å². The first-order valence-corrected chi connectivity index (χ1v) is 6.93. The molecule has 0 bridgehead atoms. The first-order valence-electron chi connectivity index (χ1n) is 6.11. The molecule has 0 spiro atoms. The van der Waals surface area contributed by atoms with Crippen molar-refractivity contribution in [3.05, 3.63) is 45.4 Å². The van der Waals surface area contributed by atoms with Gasteiger partial charge in [0.15, 0.2) is 0 Å². The second-order valence-electron chi connectivity index (χ2n) is 4.26. The fourth-order valence-electron chi connectivity index (χ4n) is 1.65. The molecular weight excluding hydrogens is 260 g/mol. The Morgan fingerprint density at radius 2 is 2.26 bits per heavy atom. The summed E-state index contributed by atoms with van der Waals surface area (Å²) in [5.74, 6) is 0.0420. The Morgan fingerprint density at radius 3 is 2.89 bits per heavy atom. The third-order valence-corrected chi connectivity index (χ3v) is 3.95. The molecule has 5 heteroatoms. The quantitative estimate of drug-likeness (QED) is 0.902. The number of nitrogens with zero attached hydrogens (tertiary/aromatic N) is 1. The number of aryl methyl sites for hydroxylation is 2. The lowest BCUT2D eigenvalue weighted by molar-refractivity contribution is 0.0951. The number of phenols is 1. The zero-order valence-corrected chi connectivity index (χ0v) is 11.8. The Morgan fingerprint density at radius 1 is 1.47 bits per heavy atom. The van der Waals surface area contributed by atoms with Gasteiger partial charge in [-0.15, -0.1) is 11.3 Å². The van der Waals surface area contributed by atoms with Crippen LogP contribution in [0.2, 0.25) is 0 Å². The summed E-state index contributed by atoms with van der Waals surface area (Å²) in [4.78, 5) is 17.4. The number of nitrogens with one attached hydrogen (secondary N) is 1. The summed E-state index contributed by atoms with van der Waals surface area (Å²) in [6, 6.07) is 4.81. The van der Waals surface area contributed by atoms with E-state index >= 15 is 0 Å². The molecule has 0 aliphatic heterocycles. The fraction of sp³-hybridized carbons (Fsp3) is 0.286. The van der Waals surface area contributed by atoms with E-state index in [1.165, 1.54) is 10.9 Å². The average molecular weight is 276 g/mol. The van der Waals surface area contributed by atoms with Crippen LogP contribution in [0, 0.1) is 6.92 Å². The van der Waals surface area contributed by atoms with Crippen LogP contribution in [-0.4, -0.2) is 16.0 Å². The van der Waals surface area contributed by atoms with Crippen molar-refractivity contribution in [3.63, 3.8) is 0 Å². The first-order chi connectivity index (χ1) is 9.10. The second kappa shape index (κ2) is 5.84. The maximum Gasteiger partial charge on any atom is 0.251 e. The molecule has 19 heavy (non-hydrogen) atoms. The number of benzene rings is 1. The minimum Gasteiger partial charge on any atom is -0.508 e. The van der Waals surface area contributed by atoms with Crippen LogP contribution < -0.4 is 5.32 Å². The van der Waals surface area contributed by atoms with Gasteiger partial charge >= 0.3 is 0 Å². The van der Waals surface area contributed by atoms with Crippen LogP contribution in [0.3, 0.4) is 0 Å². The summed E-state index contributed by atoms with van der Waals surface area (Å²) in [6.07, 6.45) is 2.81. The molecule has 2 aromatic rings. The second-order valence-corrected chi connectivity index (χ2v) is 5.46. The van der Waals surface area contributed by atoms with E-state index < -0.39 is 0 Å². The SMILES string of the molecule is CCc1cnc(CNC(=O)c2ccc(O)c(C)c2)s1. The van der Waals surface area contributed by atoms with Crippen molar-refractivity contribution >= 4 is 17.2 Å². The molecule has 0 fully saturated rings. The number of phenolic OH excluding ortho intramolecular Hbond substituents is 1. The smallest absolute Gasteiger partial charge is 0.251 e. The minimum absolute atomic E-state index is 0.156. The maximum absolute atomic E-state index is 11.9. The van der Waals surface area contributed by atoms with Crippen molar-refractivity contribution in [1.29, 1.82) is 0 Å². The van der Waals surface area contributed by atoms with Crippen LogP contribution >= 0.6 is 11.3 Å². The average Bonchev–Trinajstić information content (AvgIpc) is 2.87.